The number of hydrogen-bond acceptors (Lipinski definition) is 3. The number of aromatic nitrogens is 2. The minimum atomic E-state index is 0.148. The average molecular weight is 245 g/mol. The van der Waals surface area contributed by atoms with E-state index >= 15 is 0 Å². The molecule has 0 aliphatic heterocycles. The Morgan fingerprint density at radius 1 is 1.33 bits per heavy atom. The monoisotopic (exact) mass is 245 g/mol. The number of methoxy groups -OCH3 is 1. The van der Waals surface area contributed by atoms with Crippen molar-refractivity contribution in [2.45, 2.75) is 19.9 Å². The molecule has 0 saturated carbocycles. The molecule has 0 saturated heterocycles. The highest BCUT2D eigenvalue weighted by molar-refractivity contribution is 5.44. The van der Waals surface area contributed by atoms with Crippen LogP contribution in [0.5, 0.6) is 5.75 Å². The molecule has 0 aliphatic carbocycles. The Labute approximate surface area is 108 Å². The predicted molar refractivity (Wildman–Crippen MR) is 73.0 cm³/mol. The minimum Gasteiger partial charge on any atom is -0.496 e. The largest absolute Gasteiger partial charge is 0.496 e. The van der Waals surface area contributed by atoms with Gasteiger partial charge in [0.25, 0.3) is 0 Å². The molecule has 0 aliphatic rings. The van der Waals surface area contributed by atoms with Gasteiger partial charge in [-0.2, -0.15) is 5.10 Å². The second-order valence-corrected chi connectivity index (χ2v) is 4.49. The number of benzene rings is 1. The molecule has 0 amide bonds. The Morgan fingerprint density at radius 2 is 2.11 bits per heavy atom. The number of aryl methyl sites for hydroxylation is 2. The van der Waals surface area contributed by atoms with Gasteiger partial charge in [0.05, 0.1) is 13.2 Å². The molecule has 1 aromatic heterocycles. The highest BCUT2D eigenvalue weighted by atomic mass is 16.5. The van der Waals surface area contributed by atoms with E-state index in [0.29, 0.717) is 0 Å². The molecular formula is C14H19N3O. The first kappa shape index (κ1) is 12.5. The summed E-state index contributed by atoms with van der Waals surface area (Å²) in [5, 5.41) is 7.69. The van der Waals surface area contributed by atoms with Gasteiger partial charge in [0, 0.05) is 24.9 Å². The van der Waals surface area contributed by atoms with Gasteiger partial charge in [-0.3, -0.25) is 4.68 Å². The molecule has 0 fully saturated rings. The molecule has 1 heterocycles. The SMILES string of the molecule is COc1ccc(C)cc1C(C)Nc1ccn(C)n1. The molecule has 18 heavy (non-hydrogen) atoms. The molecule has 2 aromatic rings. The Balaban J connectivity index is 2.22. The lowest BCUT2D eigenvalue weighted by molar-refractivity contribution is 0.407. The van der Waals surface area contributed by atoms with Gasteiger partial charge in [0.1, 0.15) is 11.6 Å². The van der Waals surface area contributed by atoms with Crippen LogP contribution in [-0.4, -0.2) is 16.9 Å². The van der Waals surface area contributed by atoms with Crippen molar-refractivity contribution in [2.24, 2.45) is 7.05 Å². The van der Waals surface area contributed by atoms with Crippen LogP contribution in [0.1, 0.15) is 24.1 Å². The highest BCUT2D eigenvalue weighted by Gasteiger charge is 2.12. The Hall–Kier alpha value is -1.97. The van der Waals surface area contributed by atoms with Crippen LogP contribution in [0.4, 0.5) is 5.82 Å². The fourth-order valence-electron chi connectivity index (χ4n) is 1.98. The van der Waals surface area contributed by atoms with Gasteiger partial charge < -0.3 is 10.1 Å². The fourth-order valence-corrected chi connectivity index (χ4v) is 1.98. The molecule has 2 rings (SSSR count). The third-order valence-electron chi connectivity index (χ3n) is 2.93. The summed E-state index contributed by atoms with van der Waals surface area (Å²) in [5.41, 5.74) is 2.36. The van der Waals surface area contributed by atoms with Gasteiger partial charge in [0.2, 0.25) is 0 Å². The number of hydrogen-bond donors (Lipinski definition) is 1. The summed E-state index contributed by atoms with van der Waals surface area (Å²) >= 11 is 0. The van der Waals surface area contributed by atoms with Crippen LogP contribution < -0.4 is 10.1 Å². The van der Waals surface area contributed by atoms with Crippen molar-refractivity contribution in [1.82, 2.24) is 9.78 Å². The van der Waals surface area contributed by atoms with Gasteiger partial charge in [0.15, 0.2) is 0 Å². The van der Waals surface area contributed by atoms with E-state index in [9.17, 15) is 0 Å². The van der Waals surface area contributed by atoms with Crippen LogP contribution in [0.3, 0.4) is 0 Å². The zero-order valence-corrected chi connectivity index (χ0v) is 11.3. The van der Waals surface area contributed by atoms with Crippen molar-refractivity contribution in [3.8, 4) is 5.75 Å². The second-order valence-electron chi connectivity index (χ2n) is 4.49. The fraction of sp³-hybridized carbons (Fsp3) is 0.357. The second kappa shape index (κ2) is 5.12. The van der Waals surface area contributed by atoms with Crippen LogP contribution in [-0.2, 0) is 7.05 Å². The number of nitrogens with zero attached hydrogens (tertiary/aromatic N) is 2. The molecule has 0 spiro atoms. The first-order valence-electron chi connectivity index (χ1n) is 6.01. The van der Waals surface area contributed by atoms with Gasteiger partial charge >= 0.3 is 0 Å². The standard InChI is InChI=1S/C14H19N3O/c1-10-5-6-13(18-4)12(9-10)11(2)15-14-7-8-17(3)16-14/h5-9,11H,1-4H3,(H,15,16). The molecule has 0 radical (unpaired) electrons. The van der Waals surface area contributed by atoms with Crippen LogP contribution in [0.2, 0.25) is 0 Å². The zero-order chi connectivity index (χ0) is 13.1. The van der Waals surface area contributed by atoms with Crippen molar-refractivity contribution in [1.29, 1.82) is 0 Å². The number of anilines is 1. The smallest absolute Gasteiger partial charge is 0.148 e. The molecular weight excluding hydrogens is 226 g/mol. The molecule has 96 valence electrons. The summed E-state index contributed by atoms with van der Waals surface area (Å²) in [4.78, 5) is 0. The maximum absolute atomic E-state index is 5.40. The Kier molecular flexibility index (Phi) is 3.55. The first-order chi connectivity index (χ1) is 8.60. The van der Waals surface area contributed by atoms with Crippen LogP contribution in [0, 0.1) is 6.92 Å². The van der Waals surface area contributed by atoms with Crippen LogP contribution in [0.25, 0.3) is 0 Å². The van der Waals surface area contributed by atoms with E-state index < -0.39 is 0 Å². The summed E-state index contributed by atoms with van der Waals surface area (Å²) < 4.78 is 7.18. The summed E-state index contributed by atoms with van der Waals surface area (Å²) in [6.45, 7) is 4.18. The molecule has 4 heteroatoms. The molecule has 1 aromatic carbocycles. The van der Waals surface area contributed by atoms with E-state index in [-0.39, 0.29) is 6.04 Å². The van der Waals surface area contributed by atoms with E-state index in [4.69, 9.17) is 4.74 Å². The van der Waals surface area contributed by atoms with E-state index in [1.807, 2.05) is 25.4 Å². The molecule has 1 atom stereocenters. The first-order valence-corrected chi connectivity index (χ1v) is 6.01. The third kappa shape index (κ3) is 2.64. The summed E-state index contributed by atoms with van der Waals surface area (Å²) in [6.07, 6.45) is 1.92. The maximum atomic E-state index is 5.40. The average Bonchev–Trinajstić information content (AvgIpc) is 2.74. The lowest BCUT2D eigenvalue weighted by atomic mass is 10.0. The van der Waals surface area contributed by atoms with Gasteiger partial charge in [-0.05, 0) is 19.9 Å². The molecule has 0 bridgehead atoms. The minimum absolute atomic E-state index is 0.148. The predicted octanol–water partition coefficient (Wildman–Crippen LogP) is 2.91. The molecule has 1 unspecified atom stereocenters. The van der Waals surface area contributed by atoms with Crippen molar-refractivity contribution in [3.05, 3.63) is 41.6 Å². The summed E-state index contributed by atoms with van der Waals surface area (Å²) in [6, 6.07) is 8.30. The lowest BCUT2D eigenvalue weighted by Crippen LogP contribution is -2.09. The van der Waals surface area contributed by atoms with Crippen LogP contribution >= 0.6 is 0 Å². The topological polar surface area (TPSA) is 39.1 Å². The van der Waals surface area contributed by atoms with E-state index in [0.717, 1.165) is 17.1 Å². The quantitative estimate of drug-likeness (QED) is 0.900. The lowest BCUT2D eigenvalue weighted by Gasteiger charge is -2.17. The van der Waals surface area contributed by atoms with Crippen molar-refractivity contribution in [2.75, 3.05) is 12.4 Å². The summed E-state index contributed by atoms with van der Waals surface area (Å²) in [7, 11) is 3.60. The van der Waals surface area contributed by atoms with E-state index in [1.54, 1.807) is 11.8 Å². The Bertz CT molecular complexity index is 534. The van der Waals surface area contributed by atoms with Gasteiger partial charge in [-0.25, -0.2) is 0 Å². The zero-order valence-electron chi connectivity index (χ0n) is 11.3. The van der Waals surface area contributed by atoms with E-state index in [1.165, 1.54) is 5.56 Å². The third-order valence-corrected chi connectivity index (χ3v) is 2.93. The van der Waals surface area contributed by atoms with Crippen molar-refractivity contribution >= 4 is 5.82 Å². The van der Waals surface area contributed by atoms with Crippen LogP contribution in [0.15, 0.2) is 30.5 Å². The number of rotatable bonds is 4. The van der Waals surface area contributed by atoms with E-state index in [2.05, 4.69) is 36.4 Å². The van der Waals surface area contributed by atoms with Crippen molar-refractivity contribution < 1.29 is 4.74 Å². The molecule has 4 nitrogen and oxygen atoms in total. The number of ether oxygens (including phenoxy) is 1. The normalized spacial score (nSPS) is 12.2. The summed E-state index contributed by atoms with van der Waals surface area (Å²) in [5.74, 6) is 1.77. The van der Waals surface area contributed by atoms with Gasteiger partial charge in [-0.15, -0.1) is 0 Å². The Morgan fingerprint density at radius 3 is 2.72 bits per heavy atom. The van der Waals surface area contributed by atoms with Gasteiger partial charge in [-0.1, -0.05) is 17.7 Å². The molecule has 1 N–H and O–H groups in total. The number of nitrogens with one attached hydrogen (secondary N) is 1. The maximum Gasteiger partial charge on any atom is 0.148 e. The van der Waals surface area contributed by atoms with Crippen molar-refractivity contribution in [3.63, 3.8) is 0 Å². The highest BCUT2D eigenvalue weighted by Crippen LogP contribution is 2.28.